The summed E-state index contributed by atoms with van der Waals surface area (Å²) in [6.45, 7) is 7.84. The van der Waals surface area contributed by atoms with Gasteiger partial charge in [-0.3, -0.25) is 0 Å². The minimum atomic E-state index is 0.00343. The summed E-state index contributed by atoms with van der Waals surface area (Å²) in [4.78, 5) is 8.68. The number of ether oxygens (including phenoxy) is 1. The second kappa shape index (κ2) is 5.73. The molecule has 1 N–H and O–H groups in total. The molecule has 0 spiro atoms. The van der Waals surface area contributed by atoms with E-state index in [-0.39, 0.29) is 12.1 Å². The van der Waals surface area contributed by atoms with E-state index in [4.69, 9.17) is 9.15 Å². The van der Waals surface area contributed by atoms with Crippen LogP contribution in [-0.2, 0) is 0 Å². The van der Waals surface area contributed by atoms with Gasteiger partial charge in [0.1, 0.15) is 5.76 Å². The molecule has 0 saturated heterocycles. The molecule has 0 saturated carbocycles. The molecule has 1 unspecified atom stereocenters. The second-order valence-corrected chi connectivity index (χ2v) is 4.72. The van der Waals surface area contributed by atoms with Crippen molar-refractivity contribution in [1.29, 1.82) is 0 Å². The average molecular weight is 261 g/mol. The SMILES string of the molecule is Cc1cc(OC(C)C)nc(NC(C)c2ccco2)n1. The number of anilines is 1. The van der Waals surface area contributed by atoms with Crippen molar-refractivity contribution in [2.24, 2.45) is 0 Å². The molecule has 0 aliphatic rings. The second-order valence-electron chi connectivity index (χ2n) is 4.72. The first kappa shape index (κ1) is 13.4. The van der Waals surface area contributed by atoms with Gasteiger partial charge < -0.3 is 14.5 Å². The molecule has 5 nitrogen and oxygen atoms in total. The Labute approximate surface area is 113 Å². The van der Waals surface area contributed by atoms with Crippen LogP contribution in [0, 0.1) is 6.92 Å². The van der Waals surface area contributed by atoms with Crippen LogP contribution in [0.3, 0.4) is 0 Å². The zero-order chi connectivity index (χ0) is 13.8. The Hall–Kier alpha value is -2.04. The molecule has 0 aromatic carbocycles. The van der Waals surface area contributed by atoms with Crippen molar-refractivity contribution in [2.75, 3.05) is 5.32 Å². The standard InChI is InChI=1S/C14H19N3O2/c1-9(2)19-13-8-10(3)15-14(17-13)16-11(4)12-6-5-7-18-12/h5-9,11H,1-4H3,(H,15,16,17). The van der Waals surface area contributed by atoms with Crippen LogP contribution in [0.5, 0.6) is 5.88 Å². The first-order chi connectivity index (χ1) is 9.04. The number of furan rings is 1. The van der Waals surface area contributed by atoms with Crippen molar-refractivity contribution in [2.45, 2.75) is 39.8 Å². The Morgan fingerprint density at radius 2 is 2.05 bits per heavy atom. The van der Waals surface area contributed by atoms with Gasteiger partial charge in [-0.2, -0.15) is 4.98 Å². The minimum absolute atomic E-state index is 0.00343. The number of nitrogens with one attached hydrogen (secondary N) is 1. The molecule has 102 valence electrons. The highest BCUT2D eigenvalue weighted by molar-refractivity contribution is 5.33. The minimum Gasteiger partial charge on any atom is -0.475 e. The summed E-state index contributed by atoms with van der Waals surface area (Å²) in [5.41, 5.74) is 0.861. The summed E-state index contributed by atoms with van der Waals surface area (Å²) < 4.78 is 10.9. The van der Waals surface area contributed by atoms with Crippen molar-refractivity contribution in [3.05, 3.63) is 35.9 Å². The zero-order valence-electron chi connectivity index (χ0n) is 11.7. The molecule has 2 heterocycles. The van der Waals surface area contributed by atoms with Gasteiger partial charge in [0.15, 0.2) is 0 Å². The van der Waals surface area contributed by atoms with E-state index in [0.29, 0.717) is 11.8 Å². The van der Waals surface area contributed by atoms with Crippen LogP contribution in [0.15, 0.2) is 28.9 Å². The van der Waals surface area contributed by atoms with Gasteiger partial charge in [0.2, 0.25) is 11.8 Å². The molecule has 2 aromatic heterocycles. The van der Waals surface area contributed by atoms with E-state index in [1.165, 1.54) is 0 Å². The van der Waals surface area contributed by atoms with E-state index in [2.05, 4.69) is 15.3 Å². The third kappa shape index (κ3) is 3.71. The molecule has 0 amide bonds. The smallest absolute Gasteiger partial charge is 0.226 e. The predicted molar refractivity (Wildman–Crippen MR) is 73.3 cm³/mol. The third-order valence-electron chi connectivity index (χ3n) is 2.50. The lowest BCUT2D eigenvalue weighted by Gasteiger charge is -2.14. The van der Waals surface area contributed by atoms with Gasteiger partial charge in [0, 0.05) is 11.8 Å². The molecule has 2 rings (SSSR count). The van der Waals surface area contributed by atoms with Crippen LogP contribution in [0.4, 0.5) is 5.95 Å². The first-order valence-electron chi connectivity index (χ1n) is 6.37. The highest BCUT2D eigenvalue weighted by atomic mass is 16.5. The Kier molecular flexibility index (Phi) is 4.04. The van der Waals surface area contributed by atoms with Crippen LogP contribution >= 0.6 is 0 Å². The highest BCUT2D eigenvalue weighted by Gasteiger charge is 2.11. The molecule has 0 aliphatic heterocycles. The fraction of sp³-hybridized carbons (Fsp3) is 0.429. The fourth-order valence-corrected chi connectivity index (χ4v) is 1.71. The predicted octanol–water partition coefficient (Wildman–Crippen LogP) is 3.34. The van der Waals surface area contributed by atoms with Crippen molar-refractivity contribution >= 4 is 5.95 Å². The van der Waals surface area contributed by atoms with Gasteiger partial charge in [0.25, 0.3) is 0 Å². The number of aryl methyl sites for hydroxylation is 1. The van der Waals surface area contributed by atoms with E-state index in [9.17, 15) is 0 Å². The van der Waals surface area contributed by atoms with Gasteiger partial charge in [-0.25, -0.2) is 4.98 Å². The third-order valence-corrected chi connectivity index (χ3v) is 2.50. The number of hydrogen-bond donors (Lipinski definition) is 1. The number of hydrogen-bond acceptors (Lipinski definition) is 5. The van der Waals surface area contributed by atoms with Crippen LogP contribution in [0.1, 0.15) is 38.3 Å². The Balaban J connectivity index is 2.13. The largest absolute Gasteiger partial charge is 0.475 e. The first-order valence-corrected chi connectivity index (χ1v) is 6.37. The van der Waals surface area contributed by atoms with E-state index in [0.717, 1.165) is 11.5 Å². The summed E-state index contributed by atoms with van der Waals surface area (Å²) in [7, 11) is 0. The molecule has 0 aliphatic carbocycles. The maximum absolute atomic E-state index is 5.59. The summed E-state index contributed by atoms with van der Waals surface area (Å²) in [5, 5.41) is 3.20. The number of nitrogens with zero attached hydrogens (tertiary/aromatic N) is 2. The molecule has 5 heteroatoms. The van der Waals surface area contributed by atoms with Crippen molar-refractivity contribution in [3.63, 3.8) is 0 Å². The Morgan fingerprint density at radius 1 is 1.26 bits per heavy atom. The van der Waals surface area contributed by atoms with Crippen LogP contribution in [-0.4, -0.2) is 16.1 Å². The molecule has 1 atom stereocenters. The number of aromatic nitrogens is 2. The molecule has 0 radical (unpaired) electrons. The normalized spacial score (nSPS) is 12.5. The fourth-order valence-electron chi connectivity index (χ4n) is 1.71. The molecular weight excluding hydrogens is 242 g/mol. The van der Waals surface area contributed by atoms with Gasteiger partial charge in [-0.05, 0) is 39.8 Å². The lowest BCUT2D eigenvalue weighted by molar-refractivity contribution is 0.232. The van der Waals surface area contributed by atoms with Gasteiger partial charge in [-0.15, -0.1) is 0 Å². The average Bonchev–Trinajstić information content (AvgIpc) is 2.79. The molecule has 0 bridgehead atoms. The molecule has 0 fully saturated rings. The topological polar surface area (TPSA) is 60.2 Å². The lowest BCUT2D eigenvalue weighted by atomic mass is 10.2. The van der Waals surface area contributed by atoms with Crippen LogP contribution in [0.2, 0.25) is 0 Å². The maximum atomic E-state index is 5.59. The zero-order valence-corrected chi connectivity index (χ0v) is 11.7. The molecule has 19 heavy (non-hydrogen) atoms. The summed E-state index contributed by atoms with van der Waals surface area (Å²) >= 11 is 0. The van der Waals surface area contributed by atoms with Crippen LogP contribution < -0.4 is 10.1 Å². The Bertz CT molecular complexity index is 523. The molecule has 2 aromatic rings. The van der Waals surface area contributed by atoms with Crippen molar-refractivity contribution in [1.82, 2.24) is 9.97 Å². The summed E-state index contributed by atoms with van der Waals surface area (Å²) in [6.07, 6.45) is 1.74. The maximum Gasteiger partial charge on any atom is 0.226 e. The summed E-state index contributed by atoms with van der Waals surface area (Å²) in [6, 6.07) is 5.60. The Morgan fingerprint density at radius 3 is 2.68 bits per heavy atom. The van der Waals surface area contributed by atoms with Gasteiger partial charge >= 0.3 is 0 Å². The highest BCUT2D eigenvalue weighted by Crippen LogP contribution is 2.19. The lowest BCUT2D eigenvalue weighted by Crippen LogP contribution is -2.12. The number of rotatable bonds is 5. The van der Waals surface area contributed by atoms with Crippen molar-refractivity contribution in [3.8, 4) is 5.88 Å². The van der Waals surface area contributed by atoms with Crippen LogP contribution in [0.25, 0.3) is 0 Å². The molecular formula is C14H19N3O2. The summed E-state index contributed by atoms with van der Waals surface area (Å²) in [5.74, 6) is 1.97. The monoisotopic (exact) mass is 261 g/mol. The van der Waals surface area contributed by atoms with Gasteiger partial charge in [-0.1, -0.05) is 0 Å². The van der Waals surface area contributed by atoms with E-state index < -0.39 is 0 Å². The van der Waals surface area contributed by atoms with E-state index in [1.807, 2.05) is 45.9 Å². The van der Waals surface area contributed by atoms with Crippen molar-refractivity contribution < 1.29 is 9.15 Å². The quantitative estimate of drug-likeness (QED) is 0.894. The van der Waals surface area contributed by atoms with Gasteiger partial charge in [0.05, 0.1) is 18.4 Å². The van der Waals surface area contributed by atoms with E-state index in [1.54, 1.807) is 6.26 Å². The van der Waals surface area contributed by atoms with E-state index >= 15 is 0 Å².